The van der Waals surface area contributed by atoms with Gasteiger partial charge < -0.3 is 5.32 Å². The van der Waals surface area contributed by atoms with Crippen LogP contribution in [0.25, 0.3) is 0 Å². The quantitative estimate of drug-likeness (QED) is 0.126. The standard InChI is InChI=1S/C26H46Br3NO/c1-4-5-6-7-8-9-10-11-12-13-14-15-16-17-20-30-23(31)26-19-18-25(21(26)27,22(28)29)24(26,2)3/h21-22H,4-20H2,1-3H3,(H,30,31)/t21-,25-,26+/m0/s1. The van der Waals surface area contributed by atoms with Gasteiger partial charge in [0.05, 0.1) is 9.15 Å². The van der Waals surface area contributed by atoms with E-state index in [9.17, 15) is 4.79 Å². The lowest BCUT2D eigenvalue weighted by atomic mass is 9.43. The molecule has 3 aliphatic carbocycles. The van der Waals surface area contributed by atoms with E-state index in [-0.39, 0.29) is 30.7 Å². The molecule has 31 heavy (non-hydrogen) atoms. The van der Waals surface area contributed by atoms with E-state index in [0.717, 1.165) is 25.8 Å². The third-order valence-electron chi connectivity index (χ3n) is 8.71. The molecule has 1 N–H and O–H groups in total. The predicted molar refractivity (Wildman–Crippen MR) is 146 cm³/mol. The van der Waals surface area contributed by atoms with Crippen LogP contribution in [0.1, 0.15) is 124 Å². The van der Waals surface area contributed by atoms with Gasteiger partial charge in [0.2, 0.25) is 5.91 Å². The molecule has 3 saturated carbocycles. The van der Waals surface area contributed by atoms with E-state index in [1.54, 1.807) is 0 Å². The lowest BCUT2D eigenvalue weighted by molar-refractivity contribution is -0.161. The summed E-state index contributed by atoms with van der Waals surface area (Å²) in [7, 11) is 0. The molecule has 0 spiro atoms. The van der Waals surface area contributed by atoms with Crippen molar-refractivity contribution < 1.29 is 4.79 Å². The van der Waals surface area contributed by atoms with Gasteiger partial charge in [0.25, 0.3) is 0 Å². The predicted octanol–water partition coefficient (Wildman–Crippen LogP) is 9.27. The first-order valence-electron chi connectivity index (χ1n) is 13.0. The molecule has 2 bridgehead atoms. The minimum atomic E-state index is -0.261. The summed E-state index contributed by atoms with van der Waals surface area (Å²) in [5.41, 5.74) is -0.159. The van der Waals surface area contributed by atoms with Crippen LogP contribution in [0.15, 0.2) is 0 Å². The second-order valence-electron chi connectivity index (χ2n) is 10.7. The molecule has 0 aromatic rings. The van der Waals surface area contributed by atoms with Crippen molar-refractivity contribution in [2.24, 2.45) is 16.2 Å². The first kappa shape index (κ1) is 28.1. The van der Waals surface area contributed by atoms with Crippen LogP contribution in [0.5, 0.6) is 0 Å². The van der Waals surface area contributed by atoms with Gasteiger partial charge in [-0.05, 0) is 24.7 Å². The first-order valence-corrected chi connectivity index (χ1v) is 15.7. The SMILES string of the molecule is CCCCCCCCCCCCCCCCNC(=O)[C@@]12CC[C@@](C(Br)Br)([C@@H]1Br)C2(C)C. The molecule has 0 unspecified atom stereocenters. The number of carbonyl (C=O) groups is 1. The second kappa shape index (κ2) is 13.1. The zero-order valence-corrected chi connectivity index (χ0v) is 25.0. The Hall–Kier alpha value is 0.910. The van der Waals surface area contributed by atoms with E-state index in [4.69, 9.17) is 0 Å². The molecule has 5 heteroatoms. The Morgan fingerprint density at radius 1 is 0.839 bits per heavy atom. The molecule has 0 aromatic carbocycles. The number of hydrogen-bond acceptors (Lipinski definition) is 1. The van der Waals surface area contributed by atoms with Crippen LogP contribution >= 0.6 is 47.8 Å². The van der Waals surface area contributed by atoms with Gasteiger partial charge >= 0.3 is 0 Å². The van der Waals surface area contributed by atoms with Crippen LogP contribution < -0.4 is 5.32 Å². The van der Waals surface area contributed by atoms with Gasteiger partial charge in [-0.1, -0.05) is 152 Å². The van der Waals surface area contributed by atoms with Crippen molar-refractivity contribution in [3.63, 3.8) is 0 Å². The minimum absolute atomic E-state index is 0.00851. The maximum atomic E-state index is 13.2. The summed E-state index contributed by atoms with van der Waals surface area (Å²) >= 11 is 11.4. The highest BCUT2D eigenvalue weighted by Crippen LogP contribution is 2.82. The van der Waals surface area contributed by atoms with Gasteiger partial charge in [-0.2, -0.15) is 0 Å². The number of unbranched alkanes of at least 4 members (excludes halogenated alkanes) is 13. The molecule has 0 saturated heterocycles. The lowest BCUT2D eigenvalue weighted by Gasteiger charge is -2.66. The molecule has 3 atom stereocenters. The van der Waals surface area contributed by atoms with Crippen LogP contribution in [0.4, 0.5) is 0 Å². The second-order valence-corrected chi connectivity index (χ2v) is 14.6. The highest BCUT2D eigenvalue weighted by Gasteiger charge is 2.83. The Morgan fingerprint density at radius 2 is 1.29 bits per heavy atom. The van der Waals surface area contributed by atoms with E-state index in [2.05, 4.69) is 73.9 Å². The van der Waals surface area contributed by atoms with E-state index in [0.29, 0.717) is 0 Å². The fourth-order valence-corrected chi connectivity index (χ4v) is 11.3. The molecule has 1 amide bonds. The fourth-order valence-electron chi connectivity index (χ4n) is 6.38. The summed E-state index contributed by atoms with van der Waals surface area (Å²) in [6.07, 6.45) is 21.2. The molecule has 182 valence electrons. The number of hydrogen-bond donors (Lipinski definition) is 1. The highest BCUT2D eigenvalue weighted by molar-refractivity contribution is 9.24. The number of rotatable bonds is 17. The van der Waals surface area contributed by atoms with Crippen molar-refractivity contribution in [2.75, 3.05) is 6.54 Å². The van der Waals surface area contributed by atoms with Crippen LogP contribution in [-0.2, 0) is 4.79 Å². The number of halogens is 3. The van der Waals surface area contributed by atoms with E-state index in [1.807, 2.05) is 0 Å². The Labute approximate surface area is 217 Å². The molecule has 0 aliphatic heterocycles. The Bertz CT molecular complexity index is 553. The molecule has 0 aromatic heterocycles. The lowest BCUT2D eigenvalue weighted by Crippen LogP contribution is -2.72. The van der Waals surface area contributed by atoms with E-state index in [1.165, 1.54) is 83.5 Å². The van der Waals surface area contributed by atoms with Gasteiger partial charge in [-0.3, -0.25) is 4.79 Å². The van der Waals surface area contributed by atoms with Crippen LogP contribution in [0, 0.1) is 16.2 Å². The van der Waals surface area contributed by atoms with E-state index >= 15 is 0 Å². The van der Waals surface area contributed by atoms with Crippen molar-refractivity contribution in [3.05, 3.63) is 0 Å². The summed E-state index contributed by atoms with van der Waals surface area (Å²) in [5.74, 6) is 0.267. The molecule has 3 aliphatic rings. The maximum absolute atomic E-state index is 13.2. The van der Waals surface area contributed by atoms with Crippen molar-refractivity contribution in [1.29, 1.82) is 0 Å². The van der Waals surface area contributed by atoms with Crippen molar-refractivity contribution in [1.82, 2.24) is 5.32 Å². The van der Waals surface area contributed by atoms with Crippen LogP contribution in [0.3, 0.4) is 0 Å². The molecule has 3 fully saturated rings. The zero-order chi connectivity index (χ0) is 23.0. The molecular weight excluding hydrogens is 582 g/mol. The average Bonchev–Trinajstić information content (AvgIpc) is 3.20. The number of nitrogens with one attached hydrogen (secondary N) is 1. The smallest absolute Gasteiger partial charge is 0.227 e. The Kier molecular flexibility index (Phi) is 11.9. The summed E-state index contributed by atoms with van der Waals surface area (Å²) in [5, 5.41) is 3.29. The fraction of sp³-hybridized carbons (Fsp3) is 0.962. The largest absolute Gasteiger partial charge is 0.356 e. The third-order valence-corrected chi connectivity index (χ3v) is 11.9. The average molecular weight is 628 g/mol. The van der Waals surface area contributed by atoms with Gasteiger partial charge in [0.15, 0.2) is 0 Å². The van der Waals surface area contributed by atoms with E-state index < -0.39 is 0 Å². The third kappa shape index (κ3) is 5.77. The summed E-state index contributed by atoms with van der Waals surface area (Å²) < 4.78 is 0.237. The number of amides is 1. The monoisotopic (exact) mass is 625 g/mol. The Balaban J connectivity index is 1.49. The maximum Gasteiger partial charge on any atom is 0.227 e. The zero-order valence-electron chi connectivity index (χ0n) is 20.2. The summed E-state index contributed by atoms with van der Waals surface area (Å²) in [6, 6.07) is 0. The number of carbonyl (C=O) groups excluding carboxylic acids is 1. The molecule has 0 radical (unpaired) electrons. The number of alkyl halides is 3. The summed E-state index contributed by atoms with van der Waals surface area (Å²) in [4.78, 5) is 13.4. The van der Waals surface area contributed by atoms with Gasteiger partial charge in [0.1, 0.15) is 0 Å². The van der Waals surface area contributed by atoms with Gasteiger partial charge in [0, 0.05) is 16.8 Å². The van der Waals surface area contributed by atoms with Crippen molar-refractivity contribution in [2.45, 2.75) is 132 Å². The summed E-state index contributed by atoms with van der Waals surface area (Å²) in [6.45, 7) is 7.67. The molecule has 3 rings (SSSR count). The molecule has 0 heterocycles. The van der Waals surface area contributed by atoms with Crippen LogP contribution in [-0.4, -0.2) is 21.0 Å². The normalized spacial score (nSPS) is 28.7. The Morgan fingerprint density at radius 3 is 1.68 bits per heavy atom. The highest BCUT2D eigenvalue weighted by atomic mass is 79.9. The minimum Gasteiger partial charge on any atom is -0.356 e. The van der Waals surface area contributed by atoms with Crippen molar-refractivity contribution >= 4 is 53.7 Å². The van der Waals surface area contributed by atoms with Gasteiger partial charge in [-0.15, -0.1) is 0 Å². The topological polar surface area (TPSA) is 29.1 Å². The van der Waals surface area contributed by atoms with Crippen molar-refractivity contribution in [3.8, 4) is 0 Å². The first-order chi connectivity index (χ1) is 14.8. The van der Waals surface area contributed by atoms with Gasteiger partial charge in [-0.25, -0.2) is 0 Å². The van der Waals surface area contributed by atoms with Crippen LogP contribution in [0.2, 0.25) is 0 Å². The number of fused-ring (bicyclic) bond motifs is 1. The molecule has 2 nitrogen and oxygen atoms in total. The molecular formula is C26H46Br3NO.